The third kappa shape index (κ3) is 10.8. The van der Waals surface area contributed by atoms with E-state index in [9.17, 15) is 31.1 Å². The van der Waals surface area contributed by atoms with E-state index >= 15 is 0 Å². The number of halogens is 6. The predicted octanol–water partition coefficient (Wildman–Crippen LogP) is 3.96. The largest absolute Gasteiger partial charge is 0.490 e. The maximum atomic E-state index is 12.4. The van der Waals surface area contributed by atoms with Crippen LogP contribution in [0, 0.1) is 0 Å². The summed E-state index contributed by atoms with van der Waals surface area (Å²) in [6, 6.07) is 7.98. The zero-order valence-corrected chi connectivity index (χ0v) is 21.0. The van der Waals surface area contributed by atoms with Crippen molar-refractivity contribution in [3.63, 3.8) is 0 Å². The Balaban J connectivity index is 0.000000317. The fraction of sp³-hybridized carbons (Fsp3) is 0.478. The van der Waals surface area contributed by atoms with Crippen LogP contribution in [-0.4, -0.2) is 81.6 Å². The van der Waals surface area contributed by atoms with E-state index in [0.29, 0.717) is 12.2 Å². The molecule has 0 aromatic carbocycles. The smallest absolute Gasteiger partial charge is 0.475 e. The van der Waals surface area contributed by atoms with Gasteiger partial charge in [0.2, 0.25) is 0 Å². The predicted molar refractivity (Wildman–Crippen MR) is 125 cm³/mol. The fourth-order valence-corrected chi connectivity index (χ4v) is 4.64. The van der Waals surface area contributed by atoms with Crippen LogP contribution >= 0.6 is 11.3 Å². The molecule has 3 N–H and O–H groups in total. The lowest BCUT2D eigenvalue weighted by atomic mass is 9.89. The molecule has 216 valence electrons. The lowest BCUT2D eigenvalue weighted by Gasteiger charge is -2.38. The molecule has 2 fully saturated rings. The van der Waals surface area contributed by atoms with Gasteiger partial charge in [0.05, 0.1) is 5.60 Å². The van der Waals surface area contributed by atoms with Gasteiger partial charge >= 0.3 is 24.3 Å². The molecule has 2 aliphatic heterocycles. The van der Waals surface area contributed by atoms with E-state index in [1.807, 2.05) is 0 Å². The standard InChI is InChI=1S/C19H23N3O2S.2C2HF3O2/c23-18(15-3-7-20-8-4-15)21-16-5-10-24-19(12-16)6-9-22(14-19)13-17-2-1-11-25-17;2*3-2(4,5)1(6)7/h1-4,7-8,11,16H,5-6,9-10,12-14H2,(H,21,23);2*(H,6,7)/t16-,19-;;/m1../s1. The number of alkyl halides is 6. The van der Waals surface area contributed by atoms with Crippen LogP contribution in [0.4, 0.5) is 26.3 Å². The van der Waals surface area contributed by atoms with E-state index in [1.165, 1.54) is 4.88 Å². The summed E-state index contributed by atoms with van der Waals surface area (Å²) >= 11 is 1.81. The lowest BCUT2D eigenvalue weighted by Crippen LogP contribution is -2.49. The maximum absolute atomic E-state index is 12.4. The molecule has 4 rings (SSSR count). The van der Waals surface area contributed by atoms with Crippen LogP contribution in [0.25, 0.3) is 0 Å². The number of nitrogens with zero attached hydrogens (tertiary/aromatic N) is 2. The SMILES string of the molecule is O=C(N[C@@H]1CCO[C@]2(CCN(Cc3cccs3)C2)C1)c1ccncc1.O=C(O)C(F)(F)F.O=C(O)C(F)(F)F. The number of carbonyl (C=O) groups is 3. The van der Waals surface area contributed by atoms with Gasteiger partial charge in [-0.15, -0.1) is 11.3 Å². The van der Waals surface area contributed by atoms with Gasteiger partial charge in [0, 0.05) is 55.1 Å². The Morgan fingerprint density at radius 3 is 2.18 bits per heavy atom. The van der Waals surface area contributed by atoms with Crippen LogP contribution in [-0.2, 0) is 20.9 Å². The van der Waals surface area contributed by atoms with Crippen LogP contribution in [0.15, 0.2) is 42.0 Å². The summed E-state index contributed by atoms with van der Waals surface area (Å²) in [6.45, 7) is 3.72. The Bertz CT molecular complexity index is 1060. The summed E-state index contributed by atoms with van der Waals surface area (Å²) in [7, 11) is 0. The molecule has 1 amide bonds. The first kappa shape index (κ1) is 32.0. The number of carbonyl (C=O) groups excluding carboxylic acids is 1. The van der Waals surface area contributed by atoms with Crippen molar-refractivity contribution in [2.24, 2.45) is 0 Å². The molecular formula is C23H25F6N3O6S. The van der Waals surface area contributed by atoms with Crippen molar-refractivity contribution in [1.82, 2.24) is 15.2 Å². The molecule has 0 unspecified atom stereocenters. The number of hydrogen-bond acceptors (Lipinski definition) is 7. The number of hydrogen-bond donors (Lipinski definition) is 3. The molecule has 9 nitrogen and oxygen atoms in total. The van der Waals surface area contributed by atoms with E-state index in [0.717, 1.165) is 38.9 Å². The molecule has 0 radical (unpaired) electrons. The maximum Gasteiger partial charge on any atom is 0.490 e. The number of nitrogens with one attached hydrogen (secondary N) is 1. The number of rotatable bonds is 4. The molecule has 2 aliphatic rings. The molecule has 2 atom stereocenters. The van der Waals surface area contributed by atoms with Crippen LogP contribution in [0.5, 0.6) is 0 Å². The second-order valence-electron chi connectivity index (χ2n) is 8.58. The van der Waals surface area contributed by atoms with E-state index in [-0.39, 0.29) is 17.6 Å². The van der Waals surface area contributed by atoms with Crippen LogP contribution in [0.2, 0.25) is 0 Å². The van der Waals surface area contributed by atoms with E-state index in [2.05, 4.69) is 32.7 Å². The monoisotopic (exact) mass is 585 g/mol. The van der Waals surface area contributed by atoms with Crippen LogP contribution in [0.3, 0.4) is 0 Å². The topological polar surface area (TPSA) is 129 Å². The second kappa shape index (κ2) is 13.7. The highest BCUT2D eigenvalue weighted by Crippen LogP contribution is 2.35. The van der Waals surface area contributed by atoms with Gasteiger partial charge in [-0.2, -0.15) is 26.3 Å². The van der Waals surface area contributed by atoms with Gasteiger partial charge in [0.15, 0.2) is 0 Å². The minimum atomic E-state index is -5.08. The molecule has 16 heteroatoms. The van der Waals surface area contributed by atoms with Gasteiger partial charge in [-0.25, -0.2) is 9.59 Å². The second-order valence-corrected chi connectivity index (χ2v) is 9.61. The Morgan fingerprint density at radius 1 is 1.08 bits per heavy atom. The molecule has 0 bridgehead atoms. The summed E-state index contributed by atoms with van der Waals surface area (Å²) in [5, 5.41) is 19.6. The fourth-order valence-electron chi connectivity index (χ4n) is 3.89. The molecule has 2 saturated heterocycles. The summed E-state index contributed by atoms with van der Waals surface area (Å²) in [5.74, 6) is -5.53. The highest BCUT2D eigenvalue weighted by atomic mass is 32.1. The van der Waals surface area contributed by atoms with Crippen LogP contribution < -0.4 is 5.32 Å². The number of thiophene rings is 1. The average Bonchev–Trinajstić information content (AvgIpc) is 3.49. The molecular weight excluding hydrogens is 560 g/mol. The number of carboxylic acids is 2. The van der Waals surface area contributed by atoms with Crippen molar-refractivity contribution in [1.29, 1.82) is 0 Å². The third-order valence-corrected chi connectivity index (χ3v) is 6.47. The first-order valence-electron chi connectivity index (χ1n) is 11.3. The first-order chi connectivity index (χ1) is 18.1. The number of aliphatic carboxylic acids is 2. The third-order valence-electron chi connectivity index (χ3n) is 5.61. The Hall–Kier alpha value is -3.24. The van der Waals surface area contributed by atoms with Crippen molar-refractivity contribution in [2.45, 2.75) is 49.8 Å². The van der Waals surface area contributed by atoms with Gasteiger partial charge < -0.3 is 20.3 Å². The number of pyridine rings is 1. The minimum Gasteiger partial charge on any atom is -0.475 e. The Morgan fingerprint density at radius 2 is 1.67 bits per heavy atom. The van der Waals surface area contributed by atoms with Crippen molar-refractivity contribution in [2.75, 3.05) is 19.7 Å². The quantitative estimate of drug-likeness (QED) is 0.460. The summed E-state index contributed by atoms with van der Waals surface area (Å²) in [5.41, 5.74) is 0.562. The van der Waals surface area contributed by atoms with Crippen molar-refractivity contribution < 1.29 is 55.7 Å². The van der Waals surface area contributed by atoms with Crippen molar-refractivity contribution >= 4 is 29.2 Å². The van der Waals surface area contributed by atoms with Gasteiger partial charge in [-0.1, -0.05) is 6.07 Å². The van der Waals surface area contributed by atoms with Crippen molar-refractivity contribution in [3.05, 3.63) is 52.5 Å². The van der Waals surface area contributed by atoms with Crippen molar-refractivity contribution in [3.8, 4) is 0 Å². The number of carboxylic acid groups (broad SMARTS) is 2. The van der Waals surface area contributed by atoms with Gasteiger partial charge in [-0.05, 0) is 42.8 Å². The number of ether oxygens (including phenoxy) is 1. The Kier molecular flexibility index (Phi) is 11.2. The number of likely N-dealkylation sites (tertiary alicyclic amines) is 1. The van der Waals surface area contributed by atoms with E-state index in [4.69, 9.17) is 24.5 Å². The van der Waals surface area contributed by atoms with E-state index in [1.54, 1.807) is 35.9 Å². The molecule has 2 aromatic rings. The minimum absolute atomic E-state index is 0.0158. The first-order valence-corrected chi connectivity index (χ1v) is 12.2. The van der Waals surface area contributed by atoms with Gasteiger partial charge in [-0.3, -0.25) is 14.7 Å². The molecule has 0 aliphatic carbocycles. The normalized spacial score (nSPS) is 21.2. The highest BCUT2D eigenvalue weighted by Gasteiger charge is 2.43. The molecule has 39 heavy (non-hydrogen) atoms. The summed E-state index contributed by atoms with van der Waals surface area (Å²) < 4.78 is 69.7. The summed E-state index contributed by atoms with van der Waals surface area (Å²) in [4.78, 5) is 38.0. The van der Waals surface area contributed by atoms with E-state index < -0.39 is 24.3 Å². The zero-order chi connectivity index (χ0) is 29.3. The molecule has 0 saturated carbocycles. The molecule has 4 heterocycles. The average molecular weight is 586 g/mol. The van der Waals surface area contributed by atoms with Crippen LogP contribution in [0.1, 0.15) is 34.5 Å². The zero-order valence-electron chi connectivity index (χ0n) is 20.2. The molecule has 2 aromatic heterocycles. The summed E-state index contributed by atoms with van der Waals surface area (Å²) in [6.07, 6.45) is -4.05. The Labute approximate surface area is 222 Å². The van der Waals surface area contributed by atoms with Gasteiger partial charge in [0.1, 0.15) is 0 Å². The number of aromatic nitrogens is 1. The highest BCUT2D eigenvalue weighted by molar-refractivity contribution is 7.09. The molecule has 1 spiro atoms. The lowest BCUT2D eigenvalue weighted by molar-refractivity contribution is -0.193. The number of amides is 1. The van der Waals surface area contributed by atoms with Gasteiger partial charge in [0.25, 0.3) is 5.91 Å².